The summed E-state index contributed by atoms with van der Waals surface area (Å²) in [4.78, 5) is 26.4. The molecule has 0 aliphatic carbocycles. The average Bonchev–Trinajstić information content (AvgIpc) is 2.63. The van der Waals surface area contributed by atoms with E-state index in [9.17, 15) is 9.59 Å². The predicted octanol–water partition coefficient (Wildman–Crippen LogP) is 4.33. The summed E-state index contributed by atoms with van der Waals surface area (Å²) in [5.74, 6) is -0.440. The maximum atomic E-state index is 12.1. The molecule has 2 aromatic carbocycles. The van der Waals surface area contributed by atoms with E-state index >= 15 is 0 Å². The first kappa shape index (κ1) is 20.8. The van der Waals surface area contributed by atoms with Gasteiger partial charge in [-0.1, -0.05) is 23.7 Å². The van der Waals surface area contributed by atoms with Crippen molar-refractivity contribution in [1.82, 2.24) is 5.32 Å². The molecule has 0 bridgehead atoms. The van der Waals surface area contributed by atoms with E-state index in [4.69, 9.17) is 11.6 Å². The van der Waals surface area contributed by atoms with E-state index in [0.29, 0.717) is 16.6 Å². The van der Waals surface area contributed by atoms with Crippen LogP contribution in [0.5, 0.6) is 0 Å². The number of nitrogens with one attached hydrogen (secondary N) is 2. The summed E-state index contributed by atoms with van der Waals surface area (Å²) >= 11 is 5.99. The van der Waals surface area contributed by atoms with Crippen molar-refractivity contribution in [3.05, 3.63) is 59.1 Å². The highest BCUT2D eigenvalue weighted by molar-refractivity contribution is 6.33. The first-order valence-corrected chi connectivity index (χ1v) is 9.49. The molecule has 0 aliphatic heterocycles. The molecule has 2 aromatic rings. The van der Waals surface area contributed by atoms with Crippen molar-refractivity contribution in [2.75, 3.05) is 23.3 Å². The Kier molecular flexibility index (Phi) is 7.67. The van der Waals surface area contributed by atoms with Gasteiger partial charge in [0.05, 0.1) is 10.6 Å². The summed E-state index contributed by atoms with van der Waals surface area (Å²) in [5, 5.41) is 5.95. The molecule has 2 N–H and O–H groups in total. The van der Waals surface area contributed by atoms with Crippen molar-refractivity contribution >= 4 is 34.8 Å². The molecule has 0 aliphatic rings. The smallest absolute Gasteiger partial charge is 0.252 e. The minimum Gasteiger partial charge on any atom is -0.369 e. The van der Waals surface area contributed by atoms with Crippen molar-refractivity contribution < 1.29 is 9.59 Å². The molecule has 0 atom stereocenters. The highest BCUT2D eigenvalue weighted by Crippen LogP contribution is 2.20. The Hall–Kier alpha value is -2.53. The number of carbonyl (C=O) groups excluding carboxylic acids is 2. The third-order valence-electron chi connectivity index (χ3n) is 4.20. The molecule has 2 rings (SSSR count). The molecule has 0 heterocycles. The molecule has 0 saturated carbocycles. The lowest BCUT2D eigenvalue weighted by atomic mass is 10.2. The third-order valence-corrected chi connectivity index (χ3v) is 4.53. The molecule has 0 saturated heterocycles. The van der Waals surface area contributed by atoms with Crippen molar-refractivity contribution in [2.45, 2.75) is 33.2 Å². The molecular formula is C21H26ClN3O2. The molecule has 5 nitrogen and oxygen atoms in total. The lowest BCUT2D eigenvalue weighted by Gasteiger charge is -2.27. The number of amides is 2. The zero-order valence-electron chi connectivity index (χ0n) is 16.0. The Balaban J connectivity index is 1.82. The molecule has 0 fully saturated rings. The molecule has 27 heavy (non-hydrogen) atoms. The second-order valence-corrected chi connectivity index (χ2v) is 6.87. The molecule has 144 valence electrons. The van der Waals surface area contributed by atoms with Crippen LogP contribution in [-0.4, -0.2) is 30.9 Å². The van der Waals surface area contributed by atoms with Crippen molar-refractivity contribution in [2.24, 2.45) is 0 Å². The van der Waals surface area contributed by atoms with E-state index < -0.39 is 0 Å². The van der Waals surface area contributed by atoms with Crippen LogP contribution in [-0.2, 0) is 4.79 Å². The first-order chi connectivity index (χ1) is 12.9. The maximum Gasteiger partial charge on any atom is 0.252 e. The summed E-state index contributed by atoms with van der Waals surface area (Å²) in [6, 6.07) is 15.0. The van der Waals surface area contributed by atoms with Gasteiger partial charge in [0.15, 0.2) is 0 Å². The van der Waals surface area contributed by atoms with Gasteiger partial charge in [-0.25, -0.2) is 0 Å². The standard InChI is InChI=1S/C21H26ClN3O2/c1-4-25(15(2)3)17-11-9-16(10-12-17)24-20(26)13-14-23-21(27)18-7-5-6-8-19(18)22/h5-12,15H,4,13-14H2,1-3H3,(H,23,27)(H,24,26). The molecule has 0 spiro atoms. The topological polar surface area (TPSA) is 61.4 Å². The maximum absolute atomic E-state index is 12.1. The highest BCUT2D eigenvalue weighted by atomic mass is 35.5. The minimum atomic E-state index is -0.286. The van der Waals surface area contributed by atoms with Gasteiger partial charge in [-0.2, -0.15) is 0 Å². The molecule has 2 amide bonds. The van der Waals surface area contributed by atoms with Crippen LogP contribution in [0.1, 0.15) is 37.6 Å². The van der Waals surface area contributed by atoms with Gasteiger partial charge in [0.25, 0.3) is 5.91 Å². The molecule has 0 radical (unpaired) electrons. The number of halogens is 1. The highest BCUT2D eigenvalue weighted by Gasteiger charge is 2.11. The molecular weight excluding hydrogens is 362 g/mol. The van der Waals surface area contributed by atoms with Crippen LogP contribution in [0.4, 0.5) is 11.4 Å². The predicted molar refractivity (Wildman–Crippen MR) is 112 cm³/mol. The van der Waals surface area contributed by atoms with Crippen LogP contribution in [0.15, 0.2) is 48.5 Å². The van der Waals surface area contributed by atoms with Crippen LogP contribution in [0, 0.1) is 0 Å². The largest absolute Gasteiger partial charge is 0.369 e. The Bertz CT molecular complexity index is 775. The van der Waals surface area contributed by atoms with Crippen LogP contribution >= 0.6 is 11.6 Å². The van der Waals surface area contributed by atoms with E-state index in [0.717, 1.165) is 17.9 Å². The average molecular weight is 388 g/mol. The number of hydrogen-bond acceptors (Lipinski definition) is 3. The summed E-state index contributed by atoms with van der Waals surface area (Å²) in [7, 11) is 0. The van der Waals surface area contributed by atoms with Crippen LogP contribution in [0.3, 0.4) is 0 Å². The quantitative estimate of drug-likeness (QED) is 0.708. The number of hydrogen-bond donors (Lipinski definition) is 2. The van der Waals surface area contributed by atoms with Crippen molar-refractivity contribution in [3.63, 3.8) is 0 Å². The van der Waals surface area contributed by atoms with Gasteiger partial charge >= 0.3 is 0 Å². The van der Waals surface area contributed by atoms with Gasteiger partial charge in [-0.15, -0.1) is 0 Å². The Morgan fingerprint density at radius 2 is 1.74 bits per heavy atom. The fourth-order valence-corrected chi connectivity index (χ4v) is 3.06. The zero-order valence-corrected chi connectivity index (χ0v) is 16.7. The monoisotopic (exact) mass is 387 g/mol. The number of anilines is 2. The fourth-order valence-electron chi connectivity index (χ4n) is 2.84. The van der Waals surface area contributed by atoms with Crippen molar-refractivity contribution in [1.29, 1.82) is 0 Å². The van der Waals surface area contributed by atoms with Gasteiger partial charge in [0.2, 0.25) is 5.91 Å². The van der Waals surface area contributed by atoms with E-state index in [2.05, 4.69) is 36.3 Å². The van der Waals surface area contributed by atoms with Crippen LogP contribution in [0.2, 0.25) is 5.02 Å². The number of benzene rings is 2. The van der Waals surface area contributed by atoms with Crippen molar-refractivity contribution in [3.8, 4) is 0 Å². The second kappa shape index (κ2) is 9.97. The van der Waals surface area contributed by atoms with Gasteiger partial charge in [-0.3, -0.25) is 9.59 Å². The van der Waals surface area contributed by atoms with E-state index in [-0.39, 0.29) is 24.8 Å². The van der Waals surface area contributed by atoms with E-state index in [1.54, 1.807) is 24.3 Å². The summed E-state index contributed by atoms with van der Waals surface area (Å²) < 4.78 is 0. The Morgan fingerprint density at radius 3 is 2.33 bits per heavy atom. The Morgan fingerprint density at radius 1 is 1.07 bits per heavy atom. The Labute approximate surface area is 165 Å². The summed E-state index contributed by atoms with van der Waals surface area (Å²) in [6.07, 6.45) is 0.186. The normalized spacial score (nSPS) is 10.6. The SMILES string of the molecule is CCN(c1ccc(NC(=O)CCNC(=O)c2ccccc2Cl)cc1)C(C)C. The summed E-state index contributed by atoms with van der Waals surface area (Å²) in [6.45, 7) is 7.58. The molecule has 0 aromatic heterocycles. The number of nitrogens with zero attached hydrogens (tertiary/aromatic N) is 1. The zero-order chi connectivity index (χ0) is 19.8. The van der Waals surface area contributed by atoms with Gasteiger partial charge in [-0.05, 0) is 57.2 Å². The summed E-state index contributed by atoms with van der Waals surface area (Å²) in [5.41, 5.74) is 2.26. The number of carbonyl (C=O) groups is 2. The second-order valence-electron chi connectivity index (χ2n) is 6.46. The lowest BCUT2D eigenvalue weighted by molar-refractivity contribution is -0.116. The van der Waals surface area contributed by atoms with E-state index in [1.807, 2.05) is 24.3 Å². The van der Waals surface area contributed by atoms with Gasteiger partial charge < -0.3 is 15.5 Å². The van der Waals surface area contributed by atoms with Gasteiger partial charge in [0, 0.05) is 36.9 Å². The third kappa shape index (κ3) is 6.00. The molecule has 6 heteroatoms. The first-order valence-electron chi connectivity index (χ1n) is 9.11. The number of rotatable bonds is 8. The van der Waals surface area contributed by atoms with Crippen LogP contribution < -0.4 is 15.5 Å². The lowest BCUT2D eigenvalue weighted by Crippen LogP contribution is -2.30. The van der Waals surface area contributed by atoms with Crippen LogP contribution in [0.25, 0.3) is 0 Å². The van der Waals surface area contributed by atoms with Gasteiger partial charge in [0.1, 0.15) is 0 Å². The molecule has 0 unspecified atom stereocenters. The van der Waals surface area contributed by atoms with E-state index in [1.165, 1.54) is 0 Å². The minimum absolute atomic E-state index is 0.154. The fraction of sp³-hybridized carbons (Fsp3) is 0.333.